The van der Waals surface area contributed by atoms with Crippen LogP contribution in [0.25, 0.3) is 0 Å². The van der Waals surface area contributed by atoms with E-state index in [-0.39, 0.29) is 23.9 Å². The standard InChI is InChI=1S/C12H25NO4S/c1-3-12(4-2,10-14)9-13-18(15,16)8-11-6-5-7-17-11/h11,13-14H,3-10H2,1-2H3. The Morgan fingerprint density at radius 1 is 1.39 bits per heavy atom. The molecule has 1 aliphatic heterocycles. The fourth-order valence-corrected chi connectivity index (χ4v) is 3.52. The predicted octanol–water partition coefficient (Wildman–Crippen LogP) is 0.883. The number of hydrogen-bond acceptors (Lipinski definition) is 4. The molecule has 1 rings (SSSR count). The maximum atomic E-state index is 11.9. The topological polar surface area (TPSA) is 75.6 Å². The van der Waals surface area contributed by atoms with E-state index in [2.05, 4.69) is 4.72 Å². The Bertz CT molecular complexity index is 324. The summed E-state index contributed by atoms with van der Waals surface area (Å²) in [6.07, 6.45) is 3.08. The number of rotatable bonds is 8. The van der Waals surface area contributed by atoms with Gasteiger partial charge in [-0.25, -0.2) is 13.1 Å². The fourth-order valence-electron chi connectivity index (χ4n) is 2.12. The van der Waals surface area contributed by atoms with Crippen molar-refractivity contribution in [1.29, 1.82) is 0 Å². The van der Waals surface area contributed by atoms with E-state index in [4.69, 9.17) is 4.74 Å². The van der Waals surface area contributed by atoms with Gasteiger partial charge >= 0.3 is 0 Å². The first-order valence-electron chi connectivity index (χ1n) is 6.67. The summed E-state index contributed by atoms with van der Waals surface area (Å²) in [5.74, 6) is 0.0297. The molecule has 2 N–H and O–H groups in total. The second-order valence-corrected chi connectivity index (χ2v) is 6.95. The Hall–Kier alpha value is -0.170. The van der Waals surface area contributed by atoms with Crippen molar-refractivity contribution >= 4 is 10.0 Å². The molecule has 0 bridgehead atoms. The van der Waals surface area contributed by atoms with Crippen LogP contribution in [0.1, 0.15) is 39.5 Å². The zero-order chi connectivity index (χ0) is 13.6. The third-order valence-electron chi connectivity index (χ3n) is 3.93. The number of ether oxygens (including phenoxy) is 1. The van der Waals surface area contributed by atoms with E-state index < -0.39 is 10.0 Å². The molecule has 18 heavy (non-hydrogen) atoms. The highest BCUT2D eigenvalue weighted by Crippen LogP contribution is 2.24. The van der Waals surface area contributed by atoms with Crippen LogP contribution in [0.2, 0.25) is 0 Å². The van der Waals surface area contributed by atoms with E-state index >= 15 is 0 Å². The molecule has 5 nitrogen and oxygen atoms in total. The van der Waals surface area contributed by atoms with Crippen molar-refractivity contribution in [1.82, 2.24) is 4.72 Å². The third kappa shape index (κ3) is 4.50. The highest BCUT2D eigenvalue weighted by Gasteiger charge is 2.29. The minimum atomic E-state index is -3.31. The highest BCUT2D eigenvalue weighted by atomic mass is 32.2. The largest absolute Gasteiger partial charge is 0.396 e. The van der Waals surface area contributed by atoms with Gasteiger partial charge in [0.25, 0.3) is 0 Å². The van der Waals surface area contributed by atoms with Gasteiger partial charge in [-0.3, -0.25) is 0 Å². The predicted molar refractivity (Wildman–Crippen MR) is 70.9 cm³/mol. The van der Waals surface area contributed by atoms with Crippen LogP contribution in [0.4, 0.5) is 0 Å². The molecule has 1 saturated heterocycles. The van der Waals surface area contributed by atoms with Crippen molar-refractivity contribution in [3.8, 4) is 0 Å². The second kappa shape index (κ2) is 6.84. The van der Waals surface area contributed by atoms with E-state index in [9.17, 15) is 13.5 Å². The lowest BCUT2D eigenvalue weighted by atomic mass is 9.84. The van der Waals surface area contributed by atoms with Crippen LogP contribution in [-0.4, -0.2) is 45.1 Å². The lowest BCUT2D eigenvalue weighted by molar-refractivity contribution is 0.118. The molecule has 0 aromatic rings. The van der Waals surface area contributed by atoms with Crippen LogP contribution in [-0.2, 0) is 14.8 Å². The zero-order valence-corrected chi connectivity index (χ0v) is 12.1. The minimum absolute atomic E-state index is 0.00243. The summed E-state index contributed by atoms with van der Waals surface area (Å²) in [7, 11) is -3.31. The van der Waals surface area contributed by atoms with E-state index in [1.165, 1.54) is 0 Å². The zero-order valence-electron chi connectivity index (χ0n) is 11.3. The van der Waals surface area contributed by atoms with Crippen molar-refractivity contribution < 1.29 is 18.3 Å². The lowest BCUT2D eigenvalue weighted by Crippen LogP contribution is -2.41. The van der Waals surface area contributed by atoms with Crippen molar-refractivity contribution in [3.05, 3.63) is 0 Å². The molecule has 6 heteroatoms. The van der Waals surface area contributed by atoms with Gasteiger partial charge in [0.05, 0.1) is 11.9 Å². The average Bonchev–Trinajstić information content (AvgIpc) is 2.83. The monoisotopic (exact) mass is 279 g/mol. The van der Waals surface area contributed by atoms with Crippen LogP contribution in [0.15, 0.2) is 0 Å². The van der Waals surface area contributed by atoms with Crippen LogP contribution >= 0.6 is 0 Å². The van der Waals surface area contributed by atoms with Gasteiger partial charge in [-0.2, -0.15) is 0 Å². The molecule has 0 saturated carbocycles. The normalized spacial score (nSPS) is 21.4. The molecular formula is C12H25NO4S. The molecule has 0 spiro atoms. The Morgan fingerprint density at radius 3 is 2.50 bits per heavy atom. The first-order chi connectivity index (χ1) is 8.47. The summed E-state index contributed by atoms with van der Waals surface area (Å²) in [5.41, 5.74) is -0.344. The second-order valence-electron chi connectivity index (χ2n) is 5.10. The number of nitrogens with one attached hydrogen (secondary N) is 1. The van der Waals surface area contributed by atoms with Crippen LogP contribution < -0.4 is 4.72 Å². The number of sulfonamides is 1. The number of aliphatic hydroxyl groups is 1. The van der Waals surface area contributed by atoms with Gasteiger partial charge in [0, 0.05) is 25.2 Å². The molecule has 0 aromatic carbocycles. The Balaban J connectivity index is 2.49. The highest BCUT2D eigenvalue weighted by molar-refractivity contribution is 7.89. The number of hydrogen-bond donors (Lipinski definition) is 2. The number of aliphatic hydroxyl groups excluding tert-OH is 1. The van der Waals surface area contributed by atoms with Gasteiger partial charge < -0.3 is 9.84 Å². The summed E-state index contributed by atoms with van der Waals surface area (Å²) in [6, 6.07) is 0. The van der Waals surface area contributed by atoms with E-state index in [1.54, 1.807) is 0 Å². The minimum Gasteiger partial charge on any atom is -0.396 e. The molecule has 1 atom stereocenters. The molecule has 1 fully saturated rings. The van der Waals surface area contributed by atoms with Gasteiger partial charge in [0.1, 0.15) is 0 Å². The smallest absolute Gasteiger partial charge is 0.214 e. The summed E-state index contributed by atoms with van der Waals surface area (Å²) >= 11 is 0. The molecule has 1 heterocycles. The molecule has 0 aliphatic carbocycles. The van der Waals surface area contributed by atoms with Gasteiger partial charge in [0.15, 0.2) is 0 Å². The van der Waals surface area contributed by atoms with Crippen LogP contribution in [0.5, 0.6) is 0 Å². The van der Waals surface area contributed by atoms with Crippen LogP contribution in [0.3, 0.4) is 0 Å². The summed E-state index contributed by atoms with van der Waals surface area (Å²) in [6.45, 7) is 4.89. The molecule has 108 valence electrons. The summed E-state index contributed by atoms with van der Waals surface area (Å²) < 4.78 is 31.8. The van der Waals surface area contributed by atoms with Gasteiger partial charge in [-0.05, 0) is 25.7 Å². The fraction of sp³-hybridized carbons (Fsp3) is 1.00. The van der Waals surface area contributed by atoms with Gasteiger partial charge in [-0.1, -0.05) is 13.8 Å². The maximum absolute atomic E-state index is 11.9. The first kappa shape index (κ1) is 15.9. The lowest BCUT2D eigenvalue weighted by Gasteiger charge is -2.29. The van der Waals surface area contributed by atoms with E-state index in [0.717, 1.165) is 25.7 Å². The van der Waals surface area contributed by atoms with Crippen molar-refractivity contribution in [2.24, 2.45) is 5.41 Å². The maximum Gasteiger partial charge on any atom is 0.214 e. The van der Waals surface area contributed by atoms with Gasteiger partial charge in [-0.15, -0.1) is 0 Å². The van der Waals surface area contributed by atoms with Gasteiger partial charge in [0.2, 0.25) is 10.0 Å². The summed E-state index contributed by atoms with van der Waals surface area (Å²) in [4.78, 5) is 0. The third-order valence-corrected chi connectivity index (χ3v) is 5.33. The van der Waals surface area contributed by atoms with E-state index in [0.29, 0.717) is 13.2 Å². The van der Waals surface area contributed by atoms with Crippen molar-refractivity contribution in [3.63, 3.8) is 0 Å². The Kier molecular flexibility index (Phi) is 6.04. The van der Waals surface area contributed by atoms with E-state index in [1.807, 2.05) is 13.8 Å². The van der Waals surface area contributed by atoms with Crippen LogP contribution in [0, 0.1) is 5.41 Å². The molecule has 1 unspecified atom stereocenters. The Morgan fingerprint density at radius 2 is 2.06 bits per heavy atom. The average molecular weight is 279 g/mol. The molecule has 0 aromatic heterocycles. The summed E-state index contributed by atoms with van der Waals surface area (Å²) in [5, 5.41) is 9.40. The van der Waals surface area contributed by atoms with Crippen molar-refractivity contribution in [2.75, 3.05) is 25.5 Å². The molecule has 0 amide bonds. The van der Waals surface area contributed by atoms with Crippen molar-refractivity contribution in [2.45, 2.75) is 45.6 Å². The SMILES string of the molecule is CCC(CC)(CO)CNS(=O)(=O)CC1CCCO1. The first-order valence-corrected chi connectivity index (χ1v) is 8.32. The Labute approximate surface area is 110 Å². The quantitative estimate of drug-likeness (QED) is 0.692. The molecule has 1 aliphatic rings. The molecule has 0 radical (unpaired) electrons. The molecular weight excluding hydrogens is 254 g/mol.